The molecule has 2 rings (SSSR count). The van der Waals surface area contributed by atoms with Crippen molar-refractivity contribution in [1.29, 1.82) is 0 Å². The van der Waals surface area contributed by atoms with Crippen LogP contribution in [0.3, 0.4) is 0 Å². The quantitative estimate of drug-likeness (QED) is 0.818. The number of nitrogens with zero attached hydrogens (tertiary/aromatic N) is 2. The van der Waals surface area contributed by atoms with Gasteiger partial charge in [0.15, 0.2) is 0 Å². The summed E-state index contributed by atoms with van der Waals surface area (Å²) < 4.78 is 7.01. The minimum atomic E-state index is -0.320. The van der Waals surface area contributed by atoms with Gasteiger partial charge in [0.25, 0.3) is 0 Å². The van der Waals surface area contributed by atoms with Gasteiger partial charge in [-0.2, -0.15) is 0 Å². The van der Waals surface area contributed by atoms with Crippen LogP contribution in [0.15, 0.2) is 12.5 Å². The lowest BCUT2D eigenvalue weighted by Gasteiger charge is -2.26. The SMILES string of the molecule is CCOC(=O)C(C)n1cncc1C1(C)CCNC1. The third-order valence-corrected chi connectivity index (χ3v) is 3.70. The molecule has 2 heterocycles. The number of ether oxygens (including phenoxy) is 1. The average molecular weight is 251 g/mol. The molecule has 1 N–H and O–H groups in total. The van der Waals surface area contributed by atoms with Crippen molar-refractivity contribution in [3.63, 3.8) is 0 Å². The van der Waals surface area contributed by atoms with Crippen LogP contribution < -0.4 is 5.32 Å². The van der Waals surface area contributed by atoms with E-state index in [1.807, 2.05) is 24.6 Å². The molecule has 1 aliphatic rings. The first-order valence-electron chi connectivity index (χ1n) is 6.48. The lowest BCUT2D eigenvalue weighted by Crippen LogP contribution is -2.30. The molecule has 100 valence electrons. The second-order valence-electron chi connectivity index (χ2n) is 5.10. The third-order valence-electron chi connectivity index (χ3n) is 3.70. The van der Waals surface area contributed by atoms with Gasteiger partial charge < -0.3 is 14.6 Å². The standard InChI is InChI=1S/C13H21N3O2/c1-4-18-12(17)10(2)16-9-15-7-11(16)13(3)5-6-14-8-13/h7,9-10,14H,4-6,8H2,1-3H3. The lowest BCUT2D eigenvalue weighted by molar-refractivity contribution is -0.146. The molecule has 1 aromatic rings. The zero-order chi connectivity index (χ0) is 13.2. The first kappa shape index (κ1) is 13.1. The van der Waals surface area contributed by atoms with Crippen LogP contribution >= 0.6 is 0 Å². The van der Waals surface area contributed by atoms with Crippen LogP contribution in [-0.2, 0) is 14.9 Å². The summed E-state index contributed by atoms with van der Waals surface area (Å²) in [5.74, 6) is -0.202. The monoisotopic (exact) mass is 251 g/mol. The highest BCUT2D eigenvalue weighted by Gasteiger charge is 2.35. The number of carbonyl (C=O) groups is 1. The first-order valence-corrected chi connectivity index (χ1v) is 6.48. The average Bonchev–Trinajstić information content (AvgIpc) is 2.97. The van der Waals surface area contributed by atoms with Crippen molar-refractivity contribution >= 4 is 5.97 Å². The highest BCUT2D eigenvalue weighted by Crippen LogP contribution is 2.31. The van der Waals surface area contributed by atoms with E-state index < -0.39 is 0 Å². The molecular formula is C13H21N3O2. The Labute approximate surface area is 108 Å². The number of hydrogen-bond donors (Lipinski definition) is 1. The minimum Gasteiger partial charge on any atom is -0.464 e. The summed E-state index contributed by atoms with van der Waals surface area (Å²) in [6, 6.07) is -0.320. The van der Waals surface area contributed by atoms with Gasteiger partial charge in [-0.15, -0.1) is 0 Å². The van der Waals surface area contributed by atoms with Crippen LogP contribution in [0.4, 0.5) is 0 Å². The van der Waals surface area contributed by atoms with Crippen LogP contribution in [0.5, 0.6) is 0 Å². The van der Waals surface area contributed by atoms with Crippen molar-refractivity contribution in [2.75, 3.05) is 19.7 Å². The number of nitrogens with one attached hydrogen (secondary N) is 1. The molecule has 18 heavy (non-hydrogen) atoms. The Morgan fingerprint density at radius 2 is 2.50 bits per heavy atom. The molecule has 5 heteroatoms. The predicted octanol–water partition coefficient (Wildman–Crippen LogP) is 1.26. The number of imidazole rings is 1. The Kier molecular flexibility index (Phi) is 3.71. The summed E-state index contributed by atoms with van der Waals surface area (Å²) in [5.41, 5.74) is 1.16. The summed E-state index contributed by atoms with van der Waals surface area (Å²) >= 11 is 0. The van der Waals surface area contributed by atoms with Gasteiger partial charge in [-0.1, -0.05) is 6.92 Å². The molecule has 0 aromatic carbocycles. The predicted molar refractivity (Wildman–Crippen MR) is 68.4 cm³/mol. The molecule has 0 radical (unpaired) electrons. The number of aromatic nitrogens is 2. The molecular weight excluding hydrogens is 230 g/mol. The van der Waals surface area contributed by atoms with E-state index in [-0.39, 0.29) is 17.4 Å². The van der Waals surface area contributed by atoms with E-state index in [0.29, 0.717) is 6.61 Å². The Bertz CT molecular complexity index is 422. The summed E-state index contributed by atoms with van der Waals surface area (Å²) in [4.78, 5) is 16.0. The normalized spacial score (nSPS) is 25.1. The van der Waals surface area contributed by atoms with Crippen molar-refractivity contribution in [3.05, 3.63) is 18.2 Å². The fourth-order valence-corrected chi connectivity index (χ4v) is 2.49. The summed E-state index contributed by atoms with van der Waals surface area (Å²) in [6.45, 7) is 8.23. The van der Waals surface area contributed by atoms with Crippen molar-refractivity contribution < 1.29 is 9.53 Å². The molecule has 1 saturated heterocycles. The van der Waals surface area contributed by atoms with Crippen molar-refractivity contribution in [1.82, 2.24) is 14.9 Å². The fourth-order valence-electron chi connectivity index (χ4n) is 2.49. The van der Waals surface area contributed by atoms with E-state index in [4.69, 9.17) is 4.74 Å². The van der Waals surface area contributed by atoms with Gasteiger partial charge in [0, 0.05) is 23.9 Å². The highest BCUT2D eigenvalue weighted by molar-refractivity contribution is 5.73. The van der Waals surface area contributed by atoms with Crippen LogP contribution in [0.2, 0.25) is 0 Å². The van der Waals surface area contributed by atoms with Gasteiger partial charge in [0.1, 0.15) is 6.04 Å². The molecule has 0 saturated carbocycles. The fraction of sp³-hybridized carbons (Fsp3) is 0.692. The molecule has 2 unspecified atom stereocenters. The molecule has 1 aromatic heterocycles. The zero-order valence-corrected chi connectivity index (χ0v) is 11.3. The van der Waals surface area contributed by atoms with Gasteiger partial charge in [-0.05, 0) is 26.8 Å². The van der Waals surface area contributed by atoms with Gasteiger partial charge in [0.2, 0.25) is 0 Å². The van der Waals surface area contributed by atoms with Crippen LogP contribution in [0, 0.1) is 0 Å². The van der Waals surface area contributed by atoms with E-state index in [1.165, 1.54) is 0 Å². The summed E-state index contributed by atoms with van der Waals surface area (Å²) in [6.07, 6.45) is 4.65. The van der Waals surface area contributed by atoms with E-state index in [2.05, 4.69) is 17.2 Å². The van der Waals surface area contributed by atoms with Gasteiger partial charge in [-0.3, -0.25) is 0 Å². The largest absolute Gasteiger partial charge is 0.464 e. The number of rotatable bonds is 4. The number of hydrogen-bond acceptors (Lipinski definition) is 4. The molecule has 0 aliphatic carbocycles. The topological polar surface area (TPSA) is 56.2 Å². The van der Waals surface area contributed by atoms with Gasteiger partial charge >= 0.3 is 5.97 Å². The Hall–Kier alpha value is -1.36. The maximum atomic E-state index is 11.8. The molecule has 0 bridgehead atoms. The van der Waals surface area contributed by atoms with Gasteiger partial charge in [-0.25, -0.2) is 9.78 Å². The summed E-state index contributed by atoms with van der Waals surface area (Å²) in [5, 5.41) is 3.36. The molecule has 1 aliphatic heterocycles. The second kappa shape index (κ2) is 5.10. The summed E-state index contributed by atoms with van der Waals surface area (Å²) in [7, 11) is 0. The molecule has 1 fully saturated rings. The van der Waals surface area contributed by atoms with Crippen molar-refractivity contribution in [3.8, 4) is 0 Å². The number of carbonyl (C=O) groups excluding carboxylic acids is 1. The van der Waals surface area contributed by atoms with E-state index in [1.54, 1.807) is 6.33 Å². The molecule has 0 spiro atoms. The van der Waals surface area contributed by atoms with Crippen LogP contribution in [-0.4, -0.2) is 35.2 Å². The van der Waals surface area contributed by atoms with Crippen LogP contribution in [0.25, 0.3) is 0 Å². The molecule has 5 nitrogen and oxygen atoms in total. The Morgan fingerprint density at radius 1 is 1.72 bits per heavy atom. The maximum absolute atomic E-state index is 11.8. The minimum absolute atomic E-state index is 0.0528. The maximum Gasteiger partial charge on any atom is 0.328 e. The highest BCUT2D eigenvalue weighted by atomic mass is 16.5. The molecule has 2 atom stereocenters. The molecule has 0 amide bonds. The van der Waals surface area contributed by atoms with Crippen molar-refractivity contribution in [2.45, 2.75) is 38.6 Å². The zero-order valence-electron chi connectivity index (χ0n) is 11.3. The smallest absolute Gasteiger partial charge is 0.328 e. The Balaban J connectivity index is 2.24. The first-order chi connectivity index (χ1) is 8.58. The lowest BCUT2D eigenvalue weighted by atomic mass is 9.86. The number of esters is 1. The second-order valence-corrected chi connectivity index (χ2v) is 5.10. The third kappa shape index (κ3) is 2.27. The van der Waals surface area contributed by atoms with E-state index in [0.717, 1.165) is 25.2 Å². The van der Waals surface area contributed by atoms with Crippen LogP contribution in [0.1, 0.15) is 38.9 Å². The van der Waals surface area contributed by atoms with Gasteiger partial charge in [0.05, 0.1) is 12.9 Å². The van der Waals surface area contributed by atoms with E-state index in [9.17, 15) is 4.79 Å². The Morgan fingerprint density at radius 3 is 3.11 bits per heavy atom. The van der Waals surface area contributed by atoms with Crippen molar-refractivity contribution in [2.24, 2.45) is 0 Å². The van der Waals surface area contributed by atoms with E-state index >= 15 is 0 Å².